The normalized spacial score (nSPS) is 12.6. The second kappa shape index (κ2) is 7.02. The Labute approximate surface area is 185 Å². The zero-order valence-electron chi connectivity index (χ0n) is 18.0. The van der Waals surface area contributed by atoms with E-state index >= 15 is 0 Å². The van der Waals surface area contributed by atoms with Crippen LogP contribution in [0.15, 0.2) is 66.7 Å². The number of aryl methyl sites for hydroxylation is 4. The van der Waals surface area contributed by atoms with Crippen LogP contribution in [0.4, 0.5) is 5.69 Å². The van der Waals surface area contributed by atoms with E-state index in [4.69, 9.17) is 0 Å². The summed E-state index contributed by atoms with van der Waals surface area (Å²) in [4.78, 5) is 14.8. The Bertz CT molecular complexity index is 1540. The van der Waals surface area contributed by atoms with Gasteiger partial charge in [0.15, 0.2) is 0 Å². The molecular formula is C27H22N4O. The number of hydrogen-bond donors (Lipinski definition) is 1. The Hall–Kier alpha value is -3.99. The van der Waals surface area contributed by atoms with Crippen molar-refractivity contribution in [1.29, 1.82) is 0 Å². The molecule has 0 spiro atoms. The Balaban J connectivity index is 1.33. The summed E-state index contributed by atoms with van der Waals surface area (Å²) in [7, 11) is 0. The Morgan fingerprint density at radius 2 is 1.66 bits per heavy atom. The minimum atomic E-state index is -0.110. The third-order valence-electron chi connectivity index (χ3n) is 6.48. The van der Waals surface area contributed by atoms with E-state index in [2.05, 4.69) is 53.6 Å². The molecule has 5 aromatic rings. The van der Waals surface area contributed by atoms with Gasteiger partial charge in [-0.15, -0.1) is 10.2 Å². The van der Waals surface area contributed by atoms with Crippen molar-refractivity contribution in [1.82, 2.24) is 15.0 Å². The first-order valence-electron chi connectivity index (χ1n) is 10.9. The lowest BCUT2D eigenvalue weighted by molar-refractivity contribution is 0.102. The van der Waals surface area contributed by atoms with Gasteiger partial charge in [-0.1, -0.05) is 30.3 Å². The third kappa shape index (κ3) is 2.97. The van der Waals surface area contributed by atoms with Gasteiger partial charge in [-0.05, 0) is 96.1 Å². The Morgan fingerprint density at radius 3 is 2.50 bits per heavy atom. The number of anilines is 1. The quantitative estimate of drug-likeness (QED) is 0.418. The molecular weight excluding hydrogens is 396 g/mol. The van der Waals surface area contributed by atoms with Gasteiger partial charge in [0.2, 0.25) is 0 Å². The molecule has 32 heavy (non-hydrogen) atoms. The van der Waals surface area contributed by atoms with Crippen molar-refractivity contribution >= 4 is 33.4 Å². The van der Waals surface area contributed by atoms with Crippen LogP contribution in [0.3, 0.4) is 0 Å². The number of nitrogens with one attached hydrogen (secondary N) is 1. The highest BCUT2D eigenvalue weighted by Crippen LogP contribution is 2.33. The summed E-state index contributed by atoms with van der Waals surface area (Å²) in [6.45, 7) is 4.17. The molecule has 0 saturated heterocycles. The standard InChI is InChI=1S/C27H22N4O/c1-16-6-11-21(14-17(16)2)31-29-24-13-10-20(15-25(24)30-31)28-27(32)23-12-9-19-8-7-18-4-3-5-22(23)26(18)19/h3-6,9-15H,7-8H2,1-2H3,(H,28,32). The van der Waals surface area contributed by atoms with Gasteiger partial charge in [-0.2, -0.15) is 4.80 Å². The first-order valence-corrected chi connectivity index (χ1v) is 10.9. The van der Waals surface area contributed by atoms with Gasteiger partial charge in [0.05, 0.1) is 5.69 Å². The predicted molar refractivity (Wildman–Crippen MR) is 128 cm³/mol. The molecule has 1 aliphatic rings. The lowest BCUT2D eigenvalue weighted by atomic mass is 9.99. The molecule has 1 aliphatic carbocycles. The first kappa shape index (κ1) is 18.8. The van der Waals surface area contributed by atoms with Crippen LogP contribution in [0, 0.1) is 13.8 Å². The second-order valence-corrected chi connectivity index (χ2v) is 8.53. The maximum Gasteiger partial charge on any atom is 0.256 e. The largest absolute Gasteiger partial charge is 0.322 e. The molecule has 1 aromatic heterocycles. The number of hydrogen-bond acceptors (Lipinski definition) is 3. The van der Waals surface area contributed by atoms with Crippen LogP contribution in [-0.4, -0.2) is 20.9 Å². The molecule has 1 N–H and O–H groups in total. The van der Waals surface area contributed by atoms with Gasteiger partial charge in [0, 0.05) is 11.3 Å². The fraction of sp³-hybridized carbons (Fsp3) is 0.148. The van der Waals surface area contributed by atoms with Crippen molar-refractivity contribution < 1.29 is 4.79 Å². The molecule has 0 atom stereocenters. The summed E-state index contributed by atoms with van der Waals surface area (Å²) in [6, 6.07) is 22.1. The van der Waals surface area contributed by atoms with Gasteiger partial charge in [0.1, 0.15) is 11.0 Å². The van der Waals surface area contributed by atoms with Crippen molar-refractivity contribution in [2.75, 3.05) is 5.32 Å². The van der Waals surface area contributed by atoms with Crippen LogP contribution in [0.1, 0.15) is 32.6 Å². The number of amides is 1. The predicted octanol–water partition coefficient (Wildman–Crippen LogP) is 5.54. The maximum atomic E-state index is 13.2. The molecule has 0 unspecified atom stereocenters. The molecule has 0 fully saturated rings. The van der Waals surface area contributed by atoms with E-state index in [1.54, 1.807) is 4.80 Å². The highest BCUT2D eigenvalue weighted by atomic mass is 16.1. The van der Waals surface area contributed by atoms with E-state index in [1.807, 2.05) is 42.5 Å². The fourth-order valence-electron chi connectivity index (χ4n) is 4.60. The van der Waals surface area contributed by atoms with E-state index in [1.165, 1.54) is 27.6 Å². The third-order valence-corrected chi connectivity index (χ3v) is 6.48. The number of rotatable bonds is 3. The first-order chi connectivity index (χ1) is 15.6. The summed E-state index contributed by atoms with van der Waals surface area (Å²) < 4.78 is 0. The van der Waals surface area contributed by atoms with Crippen LogP contribution in [0.25, 0.3) is 27.5 Å². The van der Waals surface area contributed by atoms with E-state index in [9.17, 15) is 4.79 Å². The highest BCUT2D eigenvalue weighted by Gasteiger charge is 2.19. The molecule has 5 heteroatoms. The molecule has 0 radical (unpaired) electrons. The van der Waals surface area contributed by atoms with Crippen LogP contribution in [-0.2, 0) is 12.8 Å². The lowest BCUT2D eigenvalue weighted by Crippen LogP contribution is -2.12. The van der Waals surface area contributed by atoms with Gasteiger partial charge >= 0.3 is 0 Å². The SMILES string of the molecule is Cc1ccc(-n2nc3ccc(NC(=O)c4ccc5c6c(cccc46)CC5)cc3n2)cc1C. The summed E-state index contributed by atoms with van der Waals surface area (Å²) in [6.07, 6.45) is 2.09. The van der Waals surface area contributed by atoms with E-state index in [0.29, 0.717) is 11.3 Å². The summed E-state index contributed by atoms with van der Waals surface area (Å²) >= 11 is 0. The van der Waals surface area contributed by atoms with Crippen LogP contribution in [0.5, 0.6) is 0 Å². The molecule has 6 rings (SSSR count). The number of carbonyl (C=O) groups excluding carboxylic acids is 1. The van der Waals surface area contributed by atoms with E-state index in [-0.39, 0.29) is 5.91 Å². The van der Waals surface area contributed by atoms with E-state index < -0.39 is 0 Å². The minimum absolute atomic E-state index is 0.110. The zero-order chi connectivity index (χ0) is 21.8. The van der Waals surface area contributed by atoms with Gasteiger partial charge in [-0.25, -0.2) is 0 Å². The van der Waals surface area contributed by atoms with E-state index in [0.717, 1.165) is 34.9 Å². The minimum Gasteiger partial charge on any atom is -0.322 e. The van der Waals surface area contributed by atoms with Gasteiger partial charge in [0.25, 0.3) is 5.91 Å². The van der Waals surface area contributed by atoms with Crippen LogP contribution < -0.4 is 5.32 Å². The summed E-state index contributed by atoms with van der Waals surface area (Å²) in [5.74, 6) is -0.110. The molecule has 1 heterocycles. The van der Waals surface area contributed by atoms with Crippen molar-refractivity contribution in [3.63, 3.8) is 0 Å². The fourth-order valence-corrected chi connectivity index (χ4v) is 4.60. The summed E-state index contributed by atoms with van der Waals surface area (Å²) in [5.41, 5.74) is 8.94. The second-order valence-electron chi connectivity index (χ2n) is 8.53. The molecule has 4 aromatic carbocycles. The average molecular weight is 419 g/mol. The van der Waals surface area contributed by atoms with Crippen molar-refractivity contribution in [2.45, 2.75) is 26.7 Å². The van der Waals surface area contributed by atoms with Crippen LogP contribution in [0.2, 0.25) is 0 Å². The molecule has 0 bridgehead atoms. The number of nitrogens with zero attached hydrogens (tertiary/aromatic N) is 3. The van der Waals surface area contributed by atoms with Crippen LogP contribution >= 0.6 is 0 Å². The van der Waals surface area contributed by atoms with Gasteiger partial charge < -0.3 is 5.32 Å². The monoisotopic (exact) mass is 418 g/mol. The van der Waals surface area contributed by atoms with Crippen molar-refractivity contribution in [3.8, 4) is 5.69 Å². The molecule has 156 valence electrons. The number of benzene rings is 4. The van der Waals surface area contributed by atoms with Crippen molar-refractivity contribution in [2.24, 2.45) is 0 Å². The number of carbonyl (C=O) groups is 1. The zero-order valence-corrected chi connectivity index (χ0v) is 18.0. The number of aromatic nitrogens is 3. The molecule has 1 amide bonds. The Kier molecular flexibility index (Phi) is 4.12. The lowest BCUT2D eigenvalue weighted by Gasteiger charge is -2.10. The topological polar surface area (TPSA) is 59.8 Å². The number of fused-ring (bicyclic) bond motifs is 1. The Morgan fingerprint density at radius 1 is 0.844 bits per heavy atom. The smallest absolute Gasteiger partial charge is 0.256 e. The summed E-state index contributed by atoms with van der Waals surface area (Å²) in [5, 5.41) is 14.5. The average Bonchev–Trinajstić information content (AvgIpc) is 3.41. The molecule has 5 nitrogen and oxygen atoms in total. The maximum absolute atomic E-state index is 13.2. The molecule has 0 saturated carbocycles. The highest BCUT2D eigenvalue weighted by molar-refractivity contribution is 6.14. The molecule has 0 aliphatic heterocycles. The van der Waals surface area contributed by atoms with Gasteiger partial charge in [-0.3, -0.25) is 4.79 Å². The van der Waals surface area contributed by atoms with Crippen molar-refractivity contribution in [3.05, 3.63) is 94.5 Å².